The van der Waals surface area contributed by atoms with Gasteiger partial charge in [0.1, 0.15) is 10.7 Å². The Bertz CT molecular complexity index is 777. The average Bonchev–Trinajstić information content (AvgIpc) is 2.28. The van der Waals surface area contributed by atoms with E-state index < -0.39 is 54.5 Å². The van der Waals surface area contributed by atoms with E-state index in [-0.39, 0.29) is 12.1 Å². The van der Waals surface area contributed by atoms with Crippen molar-refractivity contribution >= 4 is 20.0 Å². The van der Waals surface area contributed by atoms with Crippen LogP contribution < -0.4 is 9.44 Å². The molecule has 0 aliphatic heterocycles. The fourth-order valence-electron chi connectivity index (χ4n) is 1.60. The van der Waals surface area contributed by atoms with Crippen molar-refractivity contribution in [2.45, 2.75) is 24.3 Å². The Morgan fingerprint density at radius 2 is 1.50 bits per heavy atom. The van der Waals surface area contributed by atoms with Crippen LogP contribution in [0.3, 0.4) is 0 Å². The third-order valence-electron chi connectivity index (χ3n) is 2.43. The zero-order valence-electron chi connectivity index (χ0n) is 11.9. The van der Waals surface area contributed by atoms with Crippen LogP contribution in [0.5, 0.6) is 0 Å². The maximum Gasteiger partial charge on any atom is 0.243 e. The van der Waals surface area contributed by atoms with Gasteiger partial charge in [-0.3, -0.25) is 0 Å². The van der Waals surface area contributed by atoms with E-state index in [1.807, 2.05) is 4.72 Å². The van der Waals surface area contributed by atoms with Crippen LogP contribution in [-0.2, 0) is 20.0 Å². The highest BCUT2D eigenvalue weighted by Crippen LogP contribution is 2.18. The Balaban J connectivity index is 3.01. The van der Waals surface area contributed by atoms with Gasteiger partial charge in [0.25, 0.3) is 0 Å². The molecule has 0 amide bonds. The fraction of sp³-hybridized carbons (Fsp3) is 0.455. The highest BCUT2D eigenvalue weighted by Gasteiger charge is 2.27. The molecule has 6 nitrogen and oxygen atoms in total. The molecule has 126 valence electrons. The maximum absolute atomic E-state index is 13.5. The molecule has 0 fully saturated rings. The van der Waals surface area contributed by atoms with Crippen LogP contribution in [0.2, 0.25) is 0 Å². The van der Waals surface area contributed by atoms with Crippen molar-refractivity contribution in [3.63, 3.8) is 0 Å². The molecule has 0 atom stereocenters. The maximum atomic E-state index is 13.5. The molecule has 1 aromatic carbocycles. The Labute approximate surface area is 126 Å². The second-order valence-corrected chi connectivity index (χ2v) is 8.76. The molecule has 0 spiro atoms. The number of hydrogen-bond acceptors (Lipinski definition) is 4. The molecule has 0 heterocycles. The van der Waals surface area contributed by atoms with Gasteiger partial charge in [-0.2, -0.15) is 0 Å². The summed E-state index contributed by atoms with van der Waals surface area (Å²) in [7, 11) is -8.09. The first-order valence-electron chi connectivity index (χ1n) is 5.87. The first kappa shape index (κ1) is 18.9. The summed E-state index contributed by atoms with van der Waals surface area (Å²) in [6.07, 6.45) is 0.887. The highest BCUT2D eigenvalue weighted by atomic mass is 32.2. The quantitative estimate of drug-likeness (QED) is 0.731. The van der Waals surface area contributed by atoms with E-state index in [1.54, 1.807) is 0 Å². The Morgan fingerprint density at radius 3 is 2.00 bits per heavy atom. The third kappa shape index (κ3) is 5.23. The predicted octanol–water partition coefficient (Wildman–Crippen LogP) is 0.710. The molecule has 0 saturated carbocycles. The van der Waals surface area contributed by atoms with Gasteiger partial charge in [-0.1, -0.05) is 0 Å². The summed E-state index contributed by atoms with van der Waals surface area (Å²) in [5.74, 6) is -4.49. The standard InChI is InChI=1S/C11H15F3N2O4S2/c1-11(2,16-21(3,17)18)6-15-22(19,20)10-5-8(13)7(12)4-9(10)14/h4-5,15-16H,6H2,1-3H3. The molecule has 1 rings (SSSR count). The van der Waals surface area contributed by atoms with E-state index in [4.69, 9.17) is 0 Å². The van der Waals surface area contributed by atoms with Gasteiger partial charge in [0.15, 0.2) is 11.6 Å². The second kappa shape index (κ2) is 6.14. The SMILES string of the molecule is CC(C)(CNS(=O)(=O)c1cc(F)c(F)cc1F)NS(C)(=O)=O. The molecule has 2 N–H and O–H groups in total. The van der Waals surface area contributed by atoms with Crippen molar-refractivity contribution in [1.82, 2.24) is 9.44 Å². The van der Waals surface area contributed by atoms with Gasteiger partial charge in [-0.15, -0.1) is 0 Å². The average molecular weight is 360 g/mol. The summed E-state index contributed by atoms with van der Waals surface area (Å²) in [5, 5.41) is 0. The highest BCUT2D eigenvalue weighted by molar-refractivity contribution is 7.89. The van der Waals surface area contributed by atoms with E-state index in [0.29, 0.717) is 0 Å². The first-order valence-corrected chi connectivity index (χ1v) is 9.24. The normalized spacial score (nSPS) is 13.4. The lowest BCUT2D eigenvalue weighted by Gasteiger charge is -2.25. The number of benzene rings is 1. The van der Waals surface area contributed by atoms with Crippen molar-refractivity contribution < 1.29 is 30.0 Å². The predicted molar refractivity (Wildman–Crippen MR) is 73.6 cm³/mol. The van der Waals surface area contributed by atoms with Crippen LogP contribution in [0.15, 0.2) is 17.0 Å². The van der Waals surface area contributed by atoms with E-state index in [2.05, 4.69) is 4.72 Å². The summed E-state index contributed by atoms with van der Waals surface area (Å²) in [6.45, 7) is 2.34. The second-order valence-electron chi connectivity index (χ2n) is 5.28. The van der Waals surface area contributed by atoms with Gasteiger partial charge in [0.2, 0.25) is 20.0 Å². The summed E-state index contributed by atoms with van der Waals surface area (Å²) >= 11 is 0. The zero-order valence-corrected chi connectivity index (χ0v) is 13.6. The minimum absolute atomic E-state index is 0.115. The van der Waals surface area contributed by atoms with Crippen LogP contribution in [0.25, 0.3) is 0 Å². The number of nitrogens with one attached hydrogen (secondary N) is 2. The van der Waals surface area contributed by atoms with Crippen LogP contribution >= 0.6 is 0 Å². The van der Waals surface area contributed by atoms with Crippen molar-refractivity contribution in [2.75, 3.05) is 12.8 Å². The van der Waals surface area contributed by atoms with Gasteiger partial charge in [0, 0.05) is 18.2 Å². The lowest BCUT2D eigenvalue weighted by atomic mass is 10.1. The molecule has 0 bridgehead atoms. The smallest absolute Gasteiger partial charge is 0.213 e. The van der Waals surface area contributed by atoms with Gasteiger partial charge < -0.3 is 0 Å². The summed E-state index contributed by atoms with van der Waals surface area (Å²) in [5.41, 5.74) is -1.21. The van der Waals surface area contributed by atoms with Crippen molar-refractivity contribution in [2.24, 2.45) is 0 Å². The largest absolute Gasteiger partial charge is 0.243 e. The van der Waals surface area contributed by atoms with Crippen LogP contribution in [-0.4, -0.2) is 35.2 Å². The molecule has 0 aliphatic carbocycles. The van der Waals surface area contributed by atoms with Gasteiger partial charge in [0.05, 0.1) is 6.26 Å². The molecule has 0 saturated heterocycles. The summed E-state index contributed by atoms with van der Waals surface area (Å²) in [6, 6.07) is 0.327. The zero-order chi connectivity index (χ0) is 17.3. The lowest BCUT2D eigenvalue weighted by molar-refractivity contribution is 0.443. The van der Waals surface area contributed by atoms with Gasteiger partial charge in [-0.25, -0.2) is 39.5 Å². The number of sulfonamides is 2. The molecule has 0 unspecified atom stereocenters. The minimum Gasteiger partial charge on any atom is -0.213 e. The summed E-state index contributed by atoms with van der Waals surface area (Å²) in [4.78, 5) is -1.07. The minimum atomic E-state index is -4.49. The van der Waals surface area contributed by atoms with E-state index in [0.717, 1.165) is 6.26 Å². The van der Waals surface area contributed by atoms with E-state index in [1.165, 1.54) is 13.8 Å². The van der Waals surface area contributed by atoms with Crippen molar-refractivity contribution in [3.8, 4) is 0 Å². The molecule has 0 aliphatic rings. The molecule has 22 heavy (non-hydrogen) atoms. The van der Waals surface area contributed by atoms with Crippen molar-refractivity contribution in [3.05, 3.63) is 29.6 Å². The van der Waals surface area contributed by atoms with Crippen molar-refractivity contribution in [1.29, 1.82) is 0 Å². The molecular weight excluding hydrogens is 345 g/mol. The Morgan fingerprint density at radius 1 is 1.00 bits per heavy atom. The van der Waals surface area contributed by atoms with Gasteiger partial charge in [-0.05, 0) is 19.9 Å². The lowest BCUT2D eigenvalue weighted by Crippen LogP contribution is -2.51. The number of rotatable bonds is 6. The first-order chi connectivity index (χ1) is 9.73. The molecule has 1 aromatic rings. The third-order valence-corrected chi connectivity index (χ3v) is 4.77. The Kier molecular flexibility index (Phi) is 5.27. The molecular formula is C11H15F3N2O4S2. The van der Waals surface area contributed by atoms with Gasteiger partial charge >= 0.3 is 0 Å². The monoisotopic (exact) mass is 360 g/mol. The number of halogens is 3. The van der Waals surface area contributed by atoms with E-state index >= 15 is 0 Å². The molecule has 0 radical (unpaired) electrons. The van der Waals surface area contributed by atoms with E-state index in [9.17, 15) is 30.0 Å². The summed E-state index contributed by atoms with van der Waals surface area (Å²) < 4.78 is 89.6. The topological polar surface area (TPSA) is 92.3 Å². The van der Waals surface area contributed by atoms with Crippen LogP contribution in [0.4, 0.5) is 13.2 Å². The fourth-order valence-corrected chi connectivity index (χ4v) is 3.96. The van der Waals surface area contributed by atoms with Crippen LogP contribution in [0.1, 0.15) is 13.8 Å². The molecule has 11 heteroatoms. The Hall–Kier alpha value is -1.17. The molecule has 0 aromatic heterocycles. The number of hydrogen-bond donors (Lipinski definition) is 2. The van der Waals surface area contributed by atoms with Crippen LogP contribution in [0, 0.1) is 17.5 Å².